The first-order valence-electron chi connectivity index (χ1n) is 3.50. The zero-order valence-corrected chi connectivity index (χ0v) is 7.93. The molecule has 76 valence electrons. The van der Waals surface area contributed by atoms with Crippen LogP contribution in [0.15, 0.2) is 0 Å². The molecule has 0 aromatic heterocycles. The van der Waals surface area contributed by atoms with E-state index in [-0.39, 0.29) is 6.42 Å². The lowest BCUT2D eigenvalue weighted by molar-refractivity contribution is -0.134. The Labute approximate surface area is 75.9 Å². The molecular formula is C6H11NO5S. The highest BCUT2D eigenvalue weighted by Gasteiger charge is 2.16. The van der Waals surface area contributed by atoms with Crippen LogP contribution in [0.25, 0.3) is 0 Å². The van der Waals surface area contributed by atoms with Crippen molar-refractivity contribution in [1.29, 1.82) is 0 Å². The van der Waals surface area contributed by atoms with Crippen molar-refractivity contribution in [2.45, 2.75) is 6.42 Å². The van der Waals surface area contributed by atoms with Gasteiger partial charge in [0.2, 0.25) is 5.91 Å². The summed E-state index contributed by atoms with van der Waals surface area (Å²) in [7, 11) is -2.27. The second-order valence-corrected chi connectivity index (χ2v) is 4.59. The minimum Gasteiger partial charge on any atom is -0.480 e. The smallest absolute Gasteiger partial charge is 0.318 e. The lowest BCUT2D eigenvalue weighted by Crippen LogP contribution is -2.24. The number of rotatable bonds is 5. The van der Waals surface area contributed by atoms with Gasteiger partial charge < -0.3 is 10.4 Å². The number of carboxylic acid groups (broad SMARTS) is 1. The Kier molecular flexibility index (Phi) is 4.39. The summed E-state index contributed by atoms with van der Waals surface area (Å²) in [4.78, 5) is 20.7. The molecular weight excluding hydrogens is 198 g/mol. The Morgan fingerprint density at radius 1 is 1.38 bits per heavy atom. The van der Waals surface area contributed by atoms with E-state index in [1.165, 1.54) is 7.05 Å². The molecule has 0 aromatic rings. The molecule has 0 aliphatic rings. The highest BCUT2D eigenvalue weighted by molar-refractivity contribution is 7.92. The lowest BCUT2D eigenvalue weighted by Gasteiger charge is -1.99. The highest BCUT2D eigenvalue weighted by Crippen LogP contribution is 1.93. The number of carbonyl (C=O) groups excluding carboxylic acids is 1. The predicted molar refractivity (Wildman–Crippen MR) is 45.0 cm³/mol. The van der Waals surface area contributed by atoms with Gasteiger partial charge in [-0.25, -0.2) is 8.42 Å². The van der Waals surface area contributed by atoms with Crippen molar-refractivity contribution in [3.8, 4) is 0 Å². The molecule has 7 heteroatoms. The third-order valence-corrected chi connectivity index (χ3v) is 2.78. The maximum Gasteiger partial charge on any atom is 0.318 e. The summed E-state index contributed by atoms with van der Waals surface area (Å²) < 4.78 is 21.8. The molecule has 0 unspecified atom stereocenters. The van der Waals surface area contributed by atoms with E-state index in [2.05, 4.69) is 5.32 Å². The first-order chi connectivity index (χ1) is 5.87. The molecule has 6 nitrogen and oxygen atoms in total. The van der Waals surface area contributed by atoms with Crippen molar-refractivity contribution in [2.24, 2.45) is 0 Å². The van der Waals surface area contributed by atoms with Crippen LogP contribution in [0.4, 0.5) is 0 Å². The fourth-order valence-electron chi connectivity index (χ4n) is 0.633. The summed E-state index contributed by atoms with van der Waals surface area (Å²) in [6.07, 6.45) is -0.202. The summed E-state index contributed by atoms with van der Waals surface area (Å²) in [6, 6.07) is 0. The normalized spacial score (nSPS) is 10.8. The zero-order valence-electron chi connectivity index (χ0n) is 7.11. The molecule has 0 aromatic carbocycles. The van der Waals surface area contributed by atoms with Crippen LogP contribution in [0.1, 0.15) is 6.42 Å². The summed E-state index contributed by atoms with van der Waals surface area (Å²) in [5, 5.41) is 10.4. The summed E-state index contributed by atoms with van der Waals surface area (Å²) in [6.45, 7) is 0. The predicted octanol–water partition coefficient (Wildman–Crippen LogP) is -1.38. The Morgan fingerprint density at radius 3 is 2.31 bits per heavy atom. The van der Waals surface area contributed by atoms with Crippen molar-refractivity contribution < 1.29 is 23.1 Å². The SMILES string of the molecule is CNC(=O)CCS(=O)(=O)CC(=O)O. The van der Waals surface area contributed by atoms with E-state index in [0.717, 1.165) is 0 Å². The number of carbonyl (C=O) groups is 2. The molecule has 0 fully saturated rings. The van der Waals surface area contributed by atoms with Gasteiger partial charge in [0.1, 0.15) is 5.75 Å². The Bertz CT molecular complexity index is 294. The minimum absolute atomic E-state index is 0.202. The van der Waals surface area contributed by atoms with Crippen LogP contribution in [0, 0.1) is 0 Å². The van der Waals surface area contributed by atoms with Crippen LogP contribution in [0.2, 0.25) is 0 Å². The average molecular weight is 209 g/mol. The quantitative estimate of drug-likeness (QED) is 0.581. The fraction of sp³-hybridized carbons (Fsp3) is 0.667. The second kappa shape index (κ2) is 4.80. The number of sulfone groups is 1. The molecule has 0 bridgehead atoms. The third kappa shape index (κ3) is 6.09. The van der Waals surface area contributed by atoms with Gasteiger partial charge in [0, 0.05) is 13.5 Å². The highest BCUT2D eigenvalue weighted by atomic mass is 32.2. The van der Waals surface area contributed by atoms with Crippen LogP contribution >= 0.6 is 0 Å². The van der Waals surface area contributed by atoms with Crippen molar-refractivity contribution in [1.82, 2.24) is 5.32 Å². The largest absolute Gasteiger partial charge is 0.480 e. The third-order valence-electron chi connectivity index (χ3n) is 1.26. The Morgan fingerprint density at radius 2 is 1.92 bits per heavy atom. The molecule has 0 spiro atoms. The van der Waals surface area contributed by atoms with Crippen LogP contribution < -0.4 is 5.32 Å². The first kappa shape index (κ1) is 11.9. The molecule has 0 heterocycles. The number of carboxylic acids is 1. The van der Waals surface area contributed by atoms with E-state index in [1.54, 1.807) is 0 Å². The molecule has 0 saturated heterocycles. The molecule has 0 saturated carbocycles. The van der Waals surface area contributed by atoms with E-state index >= 15 is 0 Å². The monoisotopic (exact) mass is 209 g/mol. The second-order valence-electron chi connectivity index (χ2n) is 2.41. The average Bonchev–Trinajstić information content (AvgIpc) is 1.98. The summed E-state index contributed by atoms with van der Waals surface area (Å²) in [5.74, 6) is -3.19. The maximum absolute atomic E-state index is 10.9. The van der Waals surface area contributed by atoms with Gasteiger partial charge in [0.05, 0.1) is 5.75 Å². The van der Waals surface area contributed by atoms with Crippen molar-refractivity contribution in [3.05, 3.63) is 0 Å². The zero-order chi connectivity index (χ0) is 10.5. The molecule has 2 N–H and O–H groups in total. The number of nitrogens with one attached hydrogen (secondary N) is 1. The first-order valence-corrected chi connectivity index (χ1v) is 5.32. The van der Waals surface area contributed by atoms with Crippen LogP contribution in [-0.4, -0.2) is 44.0 Å². The topological polar surface area (TPSA) is 101 Å². The van der Waals surface area contributed by atoms with Crippen LogP contribution in [0.3, 0.4) is 0 Å². The fourth-order valence-corrected chi connectivity index (χ4v) is 1.65. The minimum atomic E-state index is -3.65. The number of amides is 1. The summed E-state index contributed by atoms with van der Waals surface area (Å²) in [5.41, 5.74) is 0. The van der Waals surface area contributed by atoms with Crippen LogP contribution in [0.5, 0.6) is 0 Å². The van der Waals surface area contributed by atoms with Crippen molar-refractivity contribution in [3.63, 3.8) is 0 Å². The number of hydrogen-bond donors (Lipinski definition) is 2. The molecule has 0 aliphatic carbocycles. The van der Waals surface area contributed by atoms with Crippen molar-refractivity contribution in [2.75, 3.05) is 18.6 Å². The Balaban J connectivity index is 4.05. The van der Waals surface area contributed by atoms with Gasteiger partial charge >= 0.3 is 5.97 Å². The molecule has 0 atom stereocenters. The van der Waals surface area contributed by atoms with E-state index in [9.17, 15) is 18.0 Å². The van der Waals surface area contributed by atoms with E-state index in [0.29, 0.717) is 0 Å². The van der Waals surface area contributed by atoms with Gasteiger partial charge in [-0.15, -0.1) is 0 Å². The van der Waals surface area contributed by atoms with Gasteiger partial charge in [-0.3, -0.25) is 9.59 Å². The van der Waals surface area contributed by atoms with Crippen LogP contribution in [-0.2, 0) is 19.4 Å². The van der Waals surface area contributed by atoms with E-state index < -0.39 is 33.2 Å². The van der Waals surface area contributed by atoms with Gasteiger partial charge in [0.25, 0.3) is 0 Å². The standard InChI is InChI=1S/C6H11NO5S/c1-7-5(8)2-3-13(11,12)4-6(9)10/h2-4H2,1H3,(H,7,8)(H,9,10). The molecule has 1 amide bonds. The van der Waals surface area contributed by atoms with Gasteiger partial charge in [0.15, 0.2) is 9.84 Å². The molecule has 13 heavy (non-hydrogen) atoms. The van der Waals surface area contributed by atoms with E-state index in [4.69, 9.17) is 5.11 Å². The molecule has 0 radical (unpaired) electrons. The van der Waals surface area contributed by atoms with E-state index in [1.807, 2.05) is 0 Å². The molecule has 0 aliphatic heterocycles. The lowest BCUT2D eigenvalue weighted by atomic mass is 10.5. The summed E-state index contributed by atoms with van der Waals surface area (Å²) >= 11 is 0. The van der Waals surface area contributed by atoms with Gasteiger partial charge in [-0.05, 0) is 0 Å². The molecule has 0 rings (SSSR count). The number of aliphatic carboxylic acids is 1. The Hall–Kier alpha value is -1.11. The van der Waals surface area contributed by atoms with Gasteiger partial charge in [-0.1, -0.05) is 0 Å². The van der Waals surface area contributed by atoms with Gasteiger partial charge in [-0.2, -0.15) is 0 Å². The van der Waals surface area contributed by atoms with Crippen molar-refractivity contribution >= 4 is 21.7 Å². The number of hydrogen-bond acceptors (Lipinski definition) is 4. The maximum atomic E-state index is 10.9.